The van der Waals surface area contributed by atoms with Crippen molar-refractivity contribution in [2.45, 2.75) is 37.4 Å². The third-order valence-corrected chi connectivity index (χ3v) is 6.24. The fraction of sp³-hybridized carbons (Fsp3) is 0.500. The summed E-state index contributed by atoms with van der Waals surface area (Å²) in [7, 11) is -3.37. The summed E-state index contributed by atoms with van der Waals surface area (Å²) in [5, 5.41) is -0.309. The van der Waals surface area contributed by atoms with E-state index in [-0.39, 0.29) is 5.25 Å². The van der Waals surface area contributed by atoms with Crippen LogP contribution in [0.15, 0.2) is 21.1 Å². The Kier molecular flexibility index (Phi) is 4.79. The molecule has 0 atom stereocenters. The zero-order valence-corrected chi connectivity index (χ0v) is 14.3. The molecule has 0 spiro atoms. The second kappa shape index (κ2) is 6.01. The molecule has 0 amide bonds. The lowest BCUT2D eigenvalue weighted by Gasteiger charge is -2.23. The van der Waals surface area contributed by atoms with Crippen molar-refractivity contribution in [3.63, 3.8) is 0 Å². The quantitative estimate of drug-likeness (QED) is 0.741. The van der Waals surface area contributed by atoms with Crippen LogP contribution in [-0.2, 0) is 10.0 Å². The monoisotopic (exact) mass is 410 g/mol. The number of benzene rings is 1. The van der Waals surface area contributed by atoms with Crippen molar-refractivity contribution in [3.05, 3.63) is 21.1 Å². The molecule has 0 bridgehead atoms. The fourth-order valence-electron chi connectivity index (χ4n) is 2.30. The summed E-state index contributed by atoms with van der Waals surface area (Å²) in [5.41, 5.74) is 6.70. The largest absolute Gasteiger partial charge is 0.397 e. The number of anilines is 2. The van der Waals surface area contributed by atoms with Crippen LogP contribution in [0.2, 0.25) is 0 Å². The Morgan fingerprint density at radius 3 is 2.37 bits per heavy atom. The second-order valence-corrected chi connectivity index (χ2v) is 8.49. The Balaban J connectivity index is 2.25. The average Bonchev–Trinajstić information content (AvgIpc) is 2.35. The summed E-state index contributed by atoms with van der Waals surface area (Å²) < 4.78 is 28.8. The molecule has 106 valence electrons. The Morgan fingerprint density at radius 1 is 1.16 bits per heavy atom. The number of rotatable bonds is 3. The normalized spacial score (nSPS) is 17.4. The van der Waals surface area contributed by atoms with E-state index in [0.717, 1.165) is 36.6 Å². The van der Waals surface area contributed by atoms with E-state index in [1.807, 2.05) is 0 Å². The molecule has 0 saturated heterocycles. The molecule has 1 saturated carbocycles. The molecule has 0 unspecified atom stereocenters. The van der Waals surface area contributed by atoms with E-state index in [9.17, 15) is 8.42 Å². The molecule has 0 heterocycles. The molecular weight excluding hydrogens is 396 g/mol. The summed E-state index contributed by atoms with van der Waals surface area (Å²) in [5.74, 6) is 0. The maximum absolute atomic E-state index is 12.3. The van der Waals surface area contributed by atoms with Gasteiger partial charge in [-0.05, 0) is 40.9 Å². The lowest BCUT2D eigenvalue weighted by atomic mass is 10.0. The van der Waals surface area contributed by atoms with Crippen molar-refractivity contribution < 1.29 is 8.42 Å². The van der Waals surface area contributed by atoms with Gasteiger partial charge in [0.05, 0.1) is 16.6 Å². The number of nitrogens with two attached hydrogens (primary N) is 1. The second-order valence-electron chi connectivity index (χ2n) is 4.76. The maximum atomic E-state index is 12.3. The van der Waals surface area contributed by atoms with Crippen molar-refractivity contribution in [2.75, 3.05) is 10.5 Å². The molecule has 3 N–H and O–H groups in total. The predicted octanol–water partition coefficient (Wildman–Crippen LogP) is 3.87. The minimum atomic E-state index is -3.37. The van der Waals surface area contributed by atoms with Crippen molar-refractivity contribution >= 4 is 53.3 Å². The van der Waals surface area contributed by atoms with Crippen LogP contribution in [0.5, 0.6) is 0 Å². The number of nitrogen functional groups attached to an aromatic ring is 1. The number of hydrogen-bond donors (Lipinski definition) is 2. The molecule has 0 aromatic heterocycles. The topological polar surface area (TPSA) is 72.2 Å². The summed E-state index contributed by atoms with van der Waals surface area (Å²) in [6.45, 7) is 0. The van der Waals surface area contributed by atoms with E-state index in [2.05, 4.69) is 36.6 Å². The maximum Gasteiger partial charge on any atom is 0.235 e. The fourth-order valence-corrected chi connectivity index (χ4v) is 5.42. The van der Waals surface area contributed by atoms with Gasteiger partial charge in [0, 0.05) is 8.95 Å². The Labute approximate surface area is 130 Å². The van der Waals surface area contributed by atoms with Gasteiger partial charge in [0.15, 0.2) is 0 Å². The molecule has 0 radical (unpaired) electrons. The van der Waals surface area contributed by atoms with Crippen LogP contribution in [0.25, 0.3) is 0 Å². The third kappa shape index (κ3) is 3.64. The van der Waals surface area contributed by atoms with Crippen LogP contribution in [0.3, 0.4) is 0 Å². The van der Waals surface area contributed by atoms with E-state index >= 15 is 0 Å². The van der Waals surface area contributed by atoms with Crippen molar-refractivity contribution in [1.29, 1.82) is 0 Å². The van der Waals surface area contributed by atoms with Crippen molar-refractivity contribution in [1.82, 2.24) is 0 Å². The zero-order valence-electron chi connectivity index (χ0n) is 10.3. The molecule has 1 aromatic carbocycles. The molecule has 1 aliphatic carbocycles. The van der Waals surface area contributed by atoms with E-state index < -0.39 is 10.0 Å². The zero-order chi connectivity index (χ0) is 14.0. The highest BCUT2D eigenvalue weighted by atomic mass is 79.9. The molecule has 1 aromatic rings. The number of nitrogens with one attached hydrogen (secondary N) is 1. The molecular formula is C12H16Br2N2O2S. The highest BCUT2D eigenvalue weighted by molar-refractivity contribution is 9.11. The minimum Gasteiger partial charge on any atom is -0.397 e. The van der Waals surface area contributed by atoms with Gasteiger partial charge in [0.1, 0.15) is 0 Å². The molecule has 19 heavy (non-hydrogen) atoms. The minimum absolute atomic E-state index is 0.309. The lowest BCUT2D eigenvalue weighted by Crippen LogP contribution is -2.30. The first-order valence-electron chi connectivity index (χ1n) is 6.16. The van der Waals surface area contributed by atoms with E-state index in [4.69, 9.17) is 5.73 Å². The smallest absolute Gasteiger partial charge is 0.235 e. The van der Waals surface area contributed by atoms with Crippen LogP contribution in [0.4, 0.5) is 11.4 Å². The first kappa shape index (κ1) is 15.1. The summed E-state index contributed by atoms with van der Waals surface area (Å²) in [6.07, 6.45) is 4.52. The highest BCUT2D eigenvalue weighted by Gasteiger charge is 2.28. The van der Waals surface area contributed by atoms with Crippen LogP contribution in [0.1, 0.15) is 32.1 Å². The van der Waals surface area contributed by atoms with E-state index in [0.29, 0.717) is 15.8 Å². The summed E-state index contributed by atoms with van der Waals surface area (Å²) >= 11 is 6.65. The van der Waals surface area contributed by atoms with Crippen LogP contribution in [-0.4, -0.2) is 13.7 Å². The number of sulfonamides is 1. The first-order chi connectivity index (χ1) is 8.90. The van der Waals surface area contributed by atoms with Gasteiger partial charge in [-0.25, -0.2) is 8.42 Å². The molecule has 4 nitrogen and oxygen atoms in total. The van der Waals surface area contributed by atoms with Gasteiger partial charge < -0.3 is 5.73 Å². The van der Waals surface area contributed by atoms with Gasteiger partial charge in [0.2, 0.25) is 10.0 Å². The first-order valence-corrected chi connectivity index (χ1v) is 9.29. The molecule has 7 heteroatoms. The number of halogens is 2. The highest BCUT2D eigenvalue weighted by Crippen LogP contribution is 2.35. The Morgan fingerprint density at radius 2 is 1.79 bits per heavy atom. The summed E-state index contributed by atoms with van der Waals surface area (Å²) in [6, 6.07) is 3.46. The van der Waals surface area contributed by atoms with E-state index in [1.165, 1.54) is 0 Å². The van der Waals surface area contributed by atoms with Crippen LogP contribution >= 0.6 is 31.9 Å². The van der Waals surface area contributed by atoms with Gasteiger partial charge in [0.25, 0.3) is 0 Å². The summed E-state index contributed by atoms with van der Waals surface area (Å²) in [4.78, 5) is 0. The molecule has 1 aliphatic rings. The van der Waals surface area contributed by atoms with Crippen molar-refractivity contribution in [2.24, 2.45) is 0 Å². The van der Waals surface area contributed by atoms with Gasteiger partial charge in [-0.1, -0.05) is 35.2 Å². The molecule has 2 rings (SSSR count). The SMILES string of the molecule is Nc1cc(Br)cc(Br)c1NS(=O)(=O)C1CCCCC1. The Bertz CT molecular complexity index is 546. The predicted molar refractivity (Wildman–Crippen MR) is 85.7 cm³/mol. The third-order valence-electron chi connectivity index (χ3n) is 3.32. The van der Waals surface area contributed by atoms with Crippen molar-refractivity contribution in [3.8, 4) is 0 Å². The average molecular weight is 412 g/mol. The molecule has 1 fully saturated rings. The Hall–Kier alpha value is -0.270. The lowest BCUT2D eigenvalue weighted by molar-refractivity contribution is 0.486. The van der Waals surface area contributed by atoms with Gasteiger partial charge in [-0.2, -0.15) is 0 Å². The number of hydrogen-bond acceptors (Lipinski definition) is 3. The molecule has 0 aliphatic heterocycles. The van der Waals surface area contributed by atoms with Crippen LogP contribution < -0.4 is 10.5 Å². The van der Waals surface area contributed by atoms with Gasteiger partial charge in [-0.3, -0.25) is 4.72 Å². The standard InChI is InChI=1S/C12H16Br2N2O2S/c13-8-6-10(14)12(11(15)7-8)16-19(17,18)9-4-2-1-3-5-9/h6-7,9,16H,1-5,15H2. The van der Waals surface area contributed by atoms with Gasteiger partial charge >= 0.3 is 0 Å². The van der Waals surface area contributed by atoms with E-state index in [1.54, 1.807) is 12.1 Å². The van der Waals surface area contributed by atoms with Gasteiger partial charge in [-0.15, -0.1) is 0 Å². The van der Waals surface area contributed by atoms with Crippen LogP contribution in [0, 0.1) is 0 Å².